The summed E-state index contributed by atoms with van der Waals surface area (Å²) in [6, 6.07) is 6.62. The zero-order valence-electron chi connectivity index (χ0n) is 17.3. The highest BCUT2D eigenvalue weighted by Gasteiger charge is 2.40. The van der Waals surface area contributed by atoms with Gasteiger partial charge in [0, 0.05) is 29.7 Å². The summed E-state index contributed by atoms with van der Waals surface area (Å²) in [5.74, 6) is -2.70. The molecule has 0 radical (unpaired) electrons. The van der Waals surface area contributed by atoms with Crippen LogP contribution in [0.4, 0.5) is 17.6 Å². The van der Waals surface area contributed by atoms with Gasteiger partial charge in [0.05, 0.1) is 17.4 Å². The molecule has 8 nitrogen and oxygen atoms in total. The van der Waals surface area contributed by atoms with Gasteiger partial charge in [-0.1, -0.05) is 11.3 Å². The number of imide groups is 1. The smallest absolute Gasteiger partial charge is 0.322 e. The molecule has 1 unspecified atom stereocenters. The second-order valence-corrected chi connectivity index (χ2v) is 7.94. The molecule has 0 spiro atoms. The van der Waals surface area contributed by atoms with Crippen molar-refractivity contribution in [1.82, 2.24) is 25.2 Å². The van der Waals surface area contributed by atoms with Gasteiger partial charge in [-0.2, -0.15) is 13.2 Å². The summed E-state index contributed by atoms with van der Waals surface area (Å²) in [4.78, 5) is 38.1. The number of piperidine rings is 1. The van der Waals surface area contributed by atoms with Crippen LogP contribution >= 0.6 is 0 Å². The zero-order valence-corrected chi connectivity index (χ0v) is 17.3. The summed E-state index contributed by atoms with van der Waals surface area (Å²) >= 11 is 0. The number of hydrogen-bond acceptors (Lipinski definition) is 5. The normalized spacial score (nSPS) is 18.3. The Kier molecular flexibility index (Phi) is 4.95. The molecule has 5 rings (SSSR count). The molecule has 0 bridgehead atoms. The first-order valence-electron chi connectivity index (χ1n) is 10.2. The summed E-state index contributed by atoms with van der Waals surface area (Å²) in [5, 5.41) is 10.1. The second kappa shape index (κ2) is 7.75. The van der Waals surface area contributed by atoms with Crippen LogP contribution in [-0.4, -0.2) is 43.7 Å². The van der Waals surface area contributed by atoms with E-state index in [4.69, 9.17) is 0 Å². The third-order valence-electron chi connectivity index (χ3n) is 5.87. The van der Waals surface area contributed by atoms with Crippen LogP contribution in [0.5, 0.6) is 0 Å². The topological polar surface area (TPSA) is 97.2 Å². The van der Waals surface area contributed by atoms with Crippen LogP contribution in [0, 0.1) is 5.82 Å². The number of carbonyl (C=O) groups excluding carboxylic acids is 3. The molecule has 2 aliphatic heterocycles. The number of amides is 3. The molecule has 1 atom stereocenters. The highest BCUT2D eigenvalue weighted by atomic mass is 19.4. The fraction of sp³-hybridized carbons (Fsp3) is 0.227. The van der Waals surface area contributed by atoms with Gasteiger partial charge in [-0.05, 0) is 36.8 Å². The van der Waals surface area contributed by atoms with Crippen LogP contribution in [0.2, 0.25) is 0 Å². The zero-order chi connectivity index (χ0) is 24.2. The fourth-order valence-corrected chi connectivity index (χ4v) is 4.20. The molecule has 1 N–H and O–H groups in total. The van der Waals surface area contributed by atoms with Gasteiger partial charge in [-0.3, -0.25) is 19.7 Å². The minimum atomic E-state index is -4.86. The van der Waals surface area contributed by atoms with Gasteiger partial charge in [-0.15, -0.1) is 5.10 Å². The average Bonchev–Trinajstić information content (AvgIpc) is 3.39. The van der Waals surface area contributed by atoms with Crippen LogP contribution in [0.3, 0.4) is 0 Å². The van der Waals surface area contributed by atoms with Crippen molar-refractivity contribution in [2.45, 2.75) is 31.6 Å². The van der Waals surface area contributed by atoms with Crippen LogP contribution in [0.1, 0.15) is 34.3 Å². The first-order chi connectivity index (χ1) is 16.1. The Labute approximate surface area is 189 Å². The molecular formula is C22H15F4N5O3. The number of fused-ring (bicyclic) bond motifs is 1. The predicted molar refractivity (Wildman–Crippen MR) is 108 cm³/mol. The number of nitrogens with zero attached hydrogens (tertiary/aromatic N) is 4. The molecule has 1 aromatic heterocycles. The number of aromatic nitrogens is 3. The van der Waals surface area contributed by atoms with E-state index in [1.54, 1.807) is 18.2 Å². The molecule has 0 aliphatic carbocycles. The lowest BCUT2D eigenvalue weighted by molar-refractivity contribution is -0.140. The maximum Gasteiger partial charge on any atom is 0.419 e. The van der Waals surface area contributed by atoms with E-state index in [2.05, 4.69) is 15.6 Å². The van der Waals surface area contributed by atoms with E-state index in [0.29, 0.717) is 28.9 Å². The Morgan fingerprint density at radius 1 is 1.09 bits per heavy atom. The molecule has 3 amide bonds. The van der Waals surface area contributed by atoms with E-state index in [0.717, 1.165) is 0 Å². The van der Waals surface area contributed by atoms with Gasteiger partial charge < -0.3 is 4.90 Å². The van der Waals surface area contributed by atoms with Crippen LogP contribution in [0.25, 0.3) is 16.9 Å². The molecule has 3 aromatic rings. The third kappa shape index (κ3) is 3.60. The molecule has 12 heteroatoms. The lowest BCUT2D eigenvalue weighted by Crippen LogP contribution is -2.52. The molecule has 2 aliphatic rings. The van der Waals surface area contributed by atoms with Crippen molar-refractivity contribution in [1.29, 1.82) is 0 Å². The lowest BCUT2D eigenvalue weighted by Gasteiger charge is -2.29. The van der Waals surface area contributed by atoms with Crippen molar-refractivity contribution < 1.29 is 31.9 Å². The van der Waals surface area contributed by atoms with Crippen LogP contribution in [-0.2, 0) is 22.3 Å². The molecule has 174 valence electrons. The molecule has 3 heterocycles. The van der Waals surface area contributed by atoms with Gasteiger partial charge >= 0.3 is 6.18 Å². The number of hydrogen-bond donors (Lipinski definition) is 1. The first-order valence-corrected chi connectivity index (χ1v) is 10.2. The van der Waals surface area contributed by atoms with Gasteiger partial charge in [0.1, 0.15) is 17.6 Å². The Hall–Kier alpha value is -4.09. The fourth-order valence-electron chi connectivity index (χ4n) is 4.20. The minimum Gasteiger partial charge on any atom is -0.322 e. The van der Waals surface area contributed by atoms with Crippen molar-refractivity contribution >= 4 is 17.7 Å². The maximum atomic E-state index is 13.6. The lowest BCUT2D eigenvalue weighted by atomic mass is 10.0. The molecule has 34 heavy (non-hydrogen) atoms. The van der Waals surface area contributed by atoms with Gasteiger partial charge in [0.25, 0.3) is 5.91 Å². The number of rotatable bonds is 3. The molecule has 0 saturated carbocycles. The van der Waals surface area contributed by atoms with Crippen LogP contribution < -0.4 is 5.32 Å². The second-order valence-electron chi connectivity index (χ2n) is 7.94. The van der Waals surface area contributed by atoms with Gasteiger partial charge in [-0.25, -0.2) is 9.07 Å². The number of alkyl halides is 3. The standard InChI is InChI=1S/C22H15F4N5O3/c23-15-5-4-11(8-14(15)22(24,25)26)16-10-31(29-28-16)17-3-1-2-12-13(17)9-30(21(12)34)18-6-7-19(32)27-20(18)33/h1-5,8,10,18H,6-7,9H2,(H,27,32,33). The van der Waals surface area contributed by atoms with E-state index in [9.17, 15) is 31.9 Å². The van der Waals surface area contributed by atoms with Gasteiger partial charge in [0.2, 0.25) is 11.8 Å². The summed E-state index contributed by atoms with van der Waals surface area (Å²) in [7, 11) is 0. The summed E-state index contributed by atoms with van der Waals surface area (Å²) in [6.07, 6.45) is -3.16. The highest BCUT2D eigenvalue weighted by Crippen LogP contribution is 2.35. The molecular weight excluding hydrogens is 458 g/mol. The quantitative estimate of drug-likeness (QED) is 0.466. The van der Waals surface area contributed by atoms with Gasteiger partial charge in [0.15, 0.2) is 0 Å². The van der Waals surface area contributed by atoms with Crippen molar-refractivity contribution in [3.05, 3.63) is 65.1 Å². The Balaban J connectivity index is 1.47. The average molecular weight is 473 g/mol. The summed E-state index contributed by atoms with van der Waals surface area (Å²) in [5.41, 5.74) is 0.0514. The predicted octanol–water partition coefficient (Wildman–Crippen LogP) is 2.85. The first kappa shape index (κ1) is 21.7. The minimum absolute atomic E-state index is 0.0220. The monoisotopic (exact) mass is 473 g/mol. The number of benzene rings is 2. The number of carbonyl (C=O) groups is 3. The Morgan fingerprint density at radius 3 is 2.62 bits per heavy atom. The molecule has 1 saturated heterocycles. The van der Waals surface area contributed by atoms with E-state index in [-0.39, 0.29) is 36.6 Å². The van der Waals surface area contributed by atoms with Crippen molar-refractivity contribution in [3.63, 3.8) is 0 Å². The van der Waals surface area contributed by atoms with E-state index in [1.807, 2.05) is 0 Å². The largest absolute Gasteiger partial charge is 0.419 e. The van der Waals surface area contributed by atoms with E-state index < -0.39 is 35.4 Å². The maximum absolute atomic E-state index is 13.6. The van der Waals surface area contributed by atoms with Crippen molar-refractivity contribution in [3.8, 4) is 16.9 Å². The SMILES string of the molecule is O=C1CCC(N2Cc3c(cccc3-n3cc(-c4ccc(F)c(C(F)(F)F)c4)nn3)C2=O)C(=O)N1. The summed E-state index contributed by atoms with van der Waals surface area (Å²) < 4.78 is 54.2. The summed E-state index contributed by atoms with van der Waals surface area (Å²) in [6.45, 7) is 0.0839. The van der Waals surface area contributed by atoms with Crippen molar-refractivity contribution in [2.75, 3.05) is 0 Å². The van der Waals surface area contributed by atoms with E-state index in [1.165, 1.54) is 21.8 Å². The number of halogens is 4. The highest BCUT2D eigenvalue weighted by molar-refractivity contribution is 6.05. The number of nitrogens with one attached hydrogen (secondary N) is 1. The van der Waals surface area contributed by atoms with E-state index >= 15 is 0 Å². The molecule has 1 fully saturated rings. The third-order valence-corrected chi connectivity index (χ3v) is 5.87. The Bertz CT molecular complexity index is 1350. The van der Waals surface area contributed by atoms with Crippen LogP contribution in [0.15, 0.2) is 42.6 Å². The van der Waals surface area contributed by atoms with Crippen molar-refractivity contribution in [2.24, 2.45) is 0 Å². The Morgan fingerprint density at radius 2 is 1.88 bits per heavy atom. The molecule has 2 aromatic carbocycles.